The van der Waals surface area contributed by atoms with Gasteiger partial charge < -0.3 is 4.79 Å². The Labute approximate surface area is 54.3 Å². The summed E-state index contributed by atoms with van der Waals surface area (Å²) in [4.78, 5) is 13.9. The van der Waals surface area contributed by atoms with Crippen LogP contribution in [0.15, 0.2) is 16.8 Å². The maximum absolute atomic E-state index is 9.88. The highest BCUT2D eigenvalue weighted by atomic mass is 16.1. The number of nitrogens with zero attached hydrogens (tertiary/aromatic N) is 1. The highest BCUT2D eigenvalue weighted by Crippen LogP contribution is 2.10. The molecule has 2 heteroatoms. The fraction of sp³-hybridized carbons (Fsp3) is 0.429. The quantitative estimate of drug-likeness (QED) is 0.520. The predicted molar refractivity (Wildman–Crippen MR) is 36.5 cm³/mol. The molecular formula is C7H9NO. The highest BCUT2D eigenvalue weighted by molar-refractivity contribution is 5.65. The lowest BCUT2D eigenvalue weighted by Crippen LogP contribution is -1.77. The Morgan fingerprint density at radius 3 is 3.22 bits per heavy atom. The molecule has 0 N–H and O–H groups in total. The molecule has 1 aliphatic heterocycles. The SMILES string of the molecule is O=CCCC1=CCC=N1. The fourth-order valence-electron chi connectivity index (χ4n) is 0.785. The van der Waals surface area contributed by atoms with Crippen LogP contribution in [0.4, 0.5) is 0 Å². The summed E-state index contributed by atoms with van der Waals surface area (Å²) in [5, 5.41) is 0. The van der Waals surface area contributed by atoms with E-state index < -0.39 is 0 Å². The summed E-state index contributed by atoms with van der Waals surface area (Å²) in [5.41, 5.74) is 1.06. The van der Waals surface area contributed by atoms with Gasteiger partial charge in [0.15, 0.2) is 0 Å². The summed E-state index contributed by atoms with van der Waals surface area (Å²) in [6.45, 7) is 0. The predicted octanol–water partition coefficient (Wildman–Crippen LogP) is 1.32. The topological polar surface area (TPSA) is 29.4 Å². The van der Waals surface area contributed by atoms with E-state index in [0.717, 1.165) is 24.8 Å². The zero-order chi connectivity index (χ0) is 6.53. The first-order valence-corrected chi connectivity index (χ1v) is 3.08. The fourth-order valence-corrected chi connectivity index (χ4v) is 0.785. The molecule has 0 amide bonds. The van der Waals surface area contributed by atoms with Crippen LogP contribution in [-0.4, -0.2) is 12.5 Å². The van der Waals surface area contributed by atoms with Crippen LogP contribution in [0, 0.1) is 0 Å². The van der Waals surface area contributed by atoms with Crippen molar-refractivity contribution in [2.24, 2.45) is 4.99 Å². The van der Waals surface area contributed by atoms with E-state index in [9.17, 15) is 4.79 Å². The van der Waals surface area contributed by atoms with E-state index in [1.54, 1.807) is 0 Å². The minimum Gasteiger partial charge on any atom is -0.303 e. The Morgan fingerprint density at radius 1 is 1.78 bits per heavy atom. The van der Waals surface area contributed by atoms with Crippen LogP contribution in [0.2, 0.25) is 0 Å². The first-order chi connectivity index (χ1) is 4.43. The van der Waals surface area contributed by atoms with Gasteiger partial charge in [0.2, 0.25) is 0 Å². The molecular weight excluding hydrogens is 114 g/mol. The zero-order valence-corrected chi connectivity index (χ0v) is 5.21. The van der Waals surface area contributed by atoms with Gasteiger partial charge in [-0.3, -0.25) is 4.99 Å². The molecule has 0 saturated heterocycles. The molecule has 0 bridgehead atoms. The molecule has 0 fully saturated rings. The van der Waals surface area contributed by atoms with E-state index in [4.69, 9.17) is 0 Å². The maximum atomic E-state index is 9.88. The average molecular weight is 123 g/mol. The third kappa shape index (κ3) is 1.80. The summed E-state index contributed by atoms with van der Waals surface area (Å²) in [5.74, 6) is 0. The van der Waals surface area contributed by atoms with Crippen molar-refractivity contribution in [3.05, 3.63) is 11.8 Å². The molecule has 2 nitrogen and oxygen atoms in total. The first kappa shape index (κ1) is 6.20. The third-order valence-electron chi connectivity index (χ3n) is 1.23. The van der Waals surface area contributed by atoms with E-state index in [1.165, 1.54) is 0 Å². The lowest BCUT2D eigenvalue weighted by atomic mass is 10.2. The van der Waals surface area contributed by atoms with Crippen molar-refractivity contribution in [2.75, 3.05) is 0 Å². The molecule has 48 valence electrons. The lowest BCUT2D eigenvalue weighted by Gasteiger charge is -1.89. The number of allylic oxidation sites excluding steroid dienone is 2. The summed E-state index contributed by atoms with van der Waals surface area (Å²) in [7, 11) is 0. The standard InChI is InChI=1S/C7H9NO/c9-6-2-4-7-3-1-5-8-7/h3,5-6H,1-2,4H2. The van der Waals surface area contributed by atoms with Crippen molar-refractivity contribution >= 4 is 12.5 Å². The number of rotatable bonds is 3. The second-order valence-electron chi connectivity index (χ2n) is 1.95. The minimum absolute atomic E-state index is 0.600. The number of carbonyl (C=O) groups excluding carboxylic acids is 1. The Kier molecular flexibility index (Phi) is 2.19. The van der Waals surface area contributed by atoms with Crippen LogP contribution in [0.5, 0.6) is 0 Å². The van der Waals surface area contributed by atoms with E-state index in [1.807, 2.05) is 12.3 Å². The van der Waals surface area contributed by atoms with Crippen LogP contribution in [-0.2, 0) is 4.79 Å². The molecule has 0 aromatic rings. The Morgan fingerprint density at radius 2 is 2.67 bits per heavy atom. The van der Waals surface area contributed by atoms with Gasteiger partial charge in [-0.2, -0.15) is 0 Å². The number of carbonyl (C=O) groups is 1. The molecule has 0 unspecified atom stereocenters. The van der Waals surface area contributed by atoms with E-state index >= 15 is 0 Å². The maximum Gasteiger partial charge on any atom is 0.120 e. The van der Waals surface area contributed by atoms with Gasteiger partial charge in [0.1, 0.15) is 6.29 Å². The Bertz CT molecular complexity index is 158. The molecule has 0 aromatic carbocycles. The second-order valence-corrected chi connectivity index (χ2v) is 1.95. The molecule has 1 heterocycles. The van der Waals surface area contributed by atoms with Gasteiger partial charge in [-0.15, -0.1) is 0 Å². The van der Waals surface area contributed by atoms with Crippen molar-refractivity contribution in [2.45, 2.75) is 19.3 Å². The van der Waals surface area contributed by atoms with Gasteiger partial charge in [0, 0.05) is 24.8 Å². The van der Waals surface area contributed by atoms with Gasteiger partial charge in [-0.1, -0.05) is 6.08 Å². The van der Waals surface area contributed by atoms with Crippen LogP contribution >= 0.6 is 0 Å². The van der Waals surface area contributed by atoms with Gasteiger partial charge in [-0.25, -0.2) is 0 Å². The zero-order valence-electron chi connectivity index (χ0n) is 5.21. The third-order valence-corrected chi connectivity index (χ3v) is 1.23. The number of aliphatic imine (C=N–C) groups is 1. The molecule has 1 rings (SSSR count). The normalized spacial score (nSPS) is 15.8. The van der Waals surface area contributed by atoms with Gasteiger partial charge in [-0.05, 0) is 6.42 Å². The molecule has 0 atom stereocenters. The molecule has 0 aromatic heterocycles. The van der Waals surface area contributed by atoms with E-state index in [0.29, 0.717) is 6.42 Å². The molecule has 0 spiro atoms. The molecule has 9 heavy (non-hydrogen) atoms. The monoisotopic (exact) mass is 123 g/mol. The Hall–Kier alpha value is -0.920. The van der Waals surface area contributed by atoms with E-state index in [2.05, 4.69) is 4.99 Å². The average Bonchev–Trinajstić information content (AvgIpc) is 2.34. The molecule has 0 aliphatic carbocycles. The largest absolute Gasteiger partial charge is 0.303 e. The highest BCUT2D eigenvalue weighted by Gasteiger charge is 1.96. The van der Waals surface area contributed by atoms with Crippen molar-refractivity contribution in [1.29, 1.82) is 0 Å². The smallest absolute Gasteiger partial charge is 0.120 e. The van der Waals surface area contributed by atoms with Crippen LogP contribution < -0.4 is 0 Å². The van der Waals surface area contributed by atoms with E-state index in [-0.39, 0.29) is 0 Å². The van der Waals surface area contributed by atoms with Crippen LogP contribution in [0.1, 0.15) is 19.3 Å². The van der Waals surface area contributed by atoms with Crippen LogP contribution in [0.25, 0.3) is 0 Å². The number of aldehydes is 1. The number of hydrogen-bond acceptors (Lipinski definition) is 2. The summed E-state index contributed by atoms with van der Waals surface area (Å²) < 4.78 is 0. The van der Waals surface area contributed by atoms with Gasteiger partial charge in [0.05, 0.1) is 0 Å². The van der Waals surface area contributed by atoms with Crippen molar-refractivity contribution < 1.29 is 4.79 Å². The second kappa shape index (κ2) is 3.17. The number of hydrogen-bond donors (Lipinski definition) is 0. The van der Waals surface area contributed by atoms with Gasteiger partial charge >= 0.3 is 0 Å². The molecule has 0 radical (unpaired) electrons. The summed E-state index contributed by atoms with van der Waals surface area (Å²) in [6.07, 6.45) is 7.18. The minimum atomic E-state index is 0.600. The van der Waals surface area contributed by atoms with Crippen LogP contribution in [0.3, 0.4) is 0 Å². The van der Waals surface area contributed by atoms with Crippen molar-refractivity contribution in [3.63, 3.8) is 0 Å². The summed E-state index contributed by atoms with van der Waals surface area (Å²) in [6, 6.07) is 0. The van der Waals surface area contributed by atoms with Gasteiger partial charge in [0.25, 0.3) is 0 Å². The Balaban J connectivity index is 2.27. The molecule has 0 saturated carbocycles. The lowest BCUT2D eigenvalue weighted by molar-refractivity contribution is -0.107. The summed E-state index contributed by atoms with van der Waals surface area (Å²) >= 11 is 0. The molecule has 1 aliphatic rings. The van der Waals surface area contributed by atoms with Crippen molar-refractivity contribution in [1.82, 2.24) is 0 Å². The first-order valence-electron chi connectivity index (χ1n) is 3.08. The van der Waals surface area contributed by atoms with Crippen molar-refractivity contribution in [3.8, 4) is 0 Å².